The first-order valence-electron chi connectivity index (χ1n) is 11.2. The molecular formula is C25H30Cl2N4O3. The largest absolute Gasteiger partial charge is 0.351 e. The van der Waals surface area contributed by atoms with E-state index in [4.69, 9.17) is 28.9 Å². The van der Waals surface area contributed by atoms with E-state index in [1.807, 2.05) is 27.7 Å². The molecule has 1 heterocycles. The number of carbonyl (C=O) groups excluding carboxylic acids is 3. The Kier molecular flexibility index (Phi) is 7.91. The maximum absolute atomic E-state index is 13.6. The lowest BCUT2D eigenvalue weighted by Gasteiger charge is -2.37. The zero-order chi connectivity index (χ0) is 25.2. The van der Waals surface area contributed by atoms with Crippen LogP contribution in [-0.2, 0) is 4.79 Å². The Labute approximate surface area is 210 Å². The molecule has 0 spiro atoms. The van der Waals surface area contributed by atoms with Gasteiger partial charge in [-0.3, -0.25) is 19.3 Å². The van der Waals surface area contributed by atoms with Crippen LogP contribution in [0.15, 0.2) is 36.4 Å². The molecule has 2 aromatic carbocycles. The van der Waals surface area contributed by atoms with Gasteiger partial charge >= 0.3 is 0 Å². The lowest BCUT2D eigenvalue weighted by Crippen LogP contribution is -2.51. The van der Waals surface area contributed by atoms with Crippen molar-refractivity contribution in [2.75, 3.05) is 23.3 Å². The van der Waals surface area contributed by atoms with Gasteiger partial charge in [-0.15, -0.1) is 0 Å². The normalized spacial score (nSPS) is 15.7. The Balaban J connectivity index is 2.00. The smallest absolute Gasteiger partial charge is 0.260 e. The predicted molar refractivity (Wildman–Crippen MR) is 137 cm³/mol. The Morgan fingerprint density at radius 1 is 1.18 bits per heavy atom. The molecule has 34 heavy (non-hydrogen) atoms. The summed E-state index contributed by atoms with van der Waals surface area (Å²) in [4.78, 5) is 40.9. The van der Waals surface area contributed by atoms with Gasteiger partial charge in [-0.2, -0.15) is 0 Å². The molecule has 0 fully saturated rings. The molecule has 4 N–H and O–H groups in total. The number of hydrogen-bond donors (Lipinski definition) is 3. The van der Waals surface area contributed by atoms with Gasteiger partial charge in [0.25, 0.3) is 11.8 Å². The summed E-state index contributed by atoms with van der Waals surface area (Å²) in [5, 5.41) is 6.35. The zero-order valence-electron chi connectivity index (χ0n) is 19.7. The lowest BCUT2D eigenvalue weighted by atomic mass is 9.93. The second kappa shape index (κ2) is 10.3. The van der Waals surface area contributed by atoms with E-state index >= 15 is 0 Å². The van der Waals surface area contributed by atoms with Gasteiger partial charge in [0.2, 0.25) is 5.91 Å². The highest BCUT2D eigenvalue weighted by Crippen LogP contribution is 2.37. The third kappa shape index (κ3) is 5.71. The van der Waals surface area contributed by atoms with E-state index in [1.54, 1.807) is 30.3 Å². The predicted octanol–water partition coefficient (Wildman–Crippen LogP) is 4.72. The van der Waals surface area contributed by atoms with E-state index in [-0.39, 0.29) is 33.7 Å². The lowest BCUT2D eigenvalue weighted by molar-refractivity contribution is -0.117. The molecule has 1 atom stereocenters. The number of hydrogen-bond acceptors (Lipinski definition) is 4. The van der Waals surface area contributed by atoms with Gasteiger partial charge in [0, 0.05) is 17.1 Å². The van der Waals surface area contributed by atoms with Gasteiger partial charge in [0.1, 0.15) is 6.04 Å². The average Bonchev–Trinajstić information content (AvgIpc) is 2.77. The Hall–Kier alpha value is -2.61. The van der Waals surface area contributed by atoms with Crippen LogP contribution in [0.1, 0.15) is 54.8 Å². The fraction of sp³-hybridized carbons (Fsp3) is 0.400. The van der Waals surface area contributed by atoms with Crippen molar-refractivity contribution < 1.29 is 14.4 Å². The summed E-state index contributed by atoms with van der Waals surface area (Å²) in [6.07, 6.45) is 0.457. The minimum absolute atomic E-state index is 0.157. The molecule has 0 saturated heterocycles. The van der Waals surface area contributed by atoms with E-state index in [0.717, 1.165) is 0 Å². The number of rotatable bonds is 7. The van der Waals surface area contributed by atoms with Crippen LogP contribution in [0.25, 0.3) is 0 Å². The summed E-state index contributed by atoms with van der Waals surface area (Å²) < 4.78 is 0. The average molecular weight is 505 g/mol. The van der Waals surface area contributed by atoms with Crippen LogP contribution in [0, 0.1) is 11.3 Å². The van der Waals surface area contributed by atoms with Crippen LogP contribution in [0.3, 0.4) is 0 Å². The monoisotopic (exact) mass is 504 g/mol. The molecule has 9 heteroatoms. The van der Waals surface area contributed by atoms with Gasteiger partial charge in [-0.05, 0) is 60.7 Å². The molecule has 182 valence electrons. The van der Waals surface area contributed by atoms with Crippen molar-refractivity contribution in [3.05, 3.63) is 57.6 Å². The summed E-state index contributed by atoms with van der Waals surface area (Å²) in [5.74, 6) is -0.863. The van der Waals surface area contributed by atoms with Crippen LogP contribution in [0.2, 0.25) is 10.0 Å². The Morgan fingerprint density at radius 3 is 2.50 bits per heavy atom. The molecule has 3 rings (SSSR count). The Morgan fingerprint density at radius 2 is 1.88 bits per heavy atom. The molecular weight excluding hydrogens is 475 g/mol. The quantitative estimate of drug-likeness (QED) is 0.507. The molecule has 1 aliphatic heterocycles. The van der Waals surface area contributed by atoms with Gasteiger partial charge in [-0.1, -0.05) is 50.9 Å². The van der Waals surface area contributed by atoms with Gasteiger partial charge in [0.05, 0.1) is 22.0 Å². The number of nitrogens with zero attached hydrogens (tertiary/aromatic N) is 1. The molecule has 0 bridgehead atoms. The van der Waals surface area contributed by atoms with E-state index in [2.05, 4.69) is 10.6 Å². The molecule has 1 aliphatic rings. The third-order valence-electron chi connectivity index (χ3n) is 5.75. The zero-order valence-corrected chi connectivity index (χ0v) is 21.3. The summed E-state index contributed by atoms with van der Waals surface area (Å²) >= 11 is 12.3. The van der Waals surface area contributed by atoms with Crippen LogP contribution in [0.5, 0.6) is 0 Å². The van der Waals surface area contributed by atoms with Crippen LogP contribution >= 0.6 is 23.2 Å². The molecule has 0 aromatic heterocycles. The fourth-order valence-electron chi connectivity index (χ4n) is 3.69. The fourth-order valence-corrected chi connectivity index (χ4v) is 4.17. The van der Waals surface area contributed by atoms with Crippen molar-refractivity contribution in [2.45, 2.75) is 40.2 Å². The van der Waals surface area contributed by atoms with Crippen molar-refractivity contribution in [3.63, 3.8) is 0 Å². The summed E-state index contributed by atoms with van der Waals surface area (Å²) in [6.45, 7) is 8.71. The molecule has 1 unspecified atom stereocenters. The molecule has 0 radical (unpaired) electrons. The molecule has 3 amide bonds. The number of nitrogens with one attached hydrogen (secondary N) is 2. The molecule has 0 saturated carbocycles. The first kappa shape index (κ1) is 26.0. The van der Waals surface area contributed by atoms with Crippen molar-refractivity contribution in [1.82, 2.24) is 5.32 Å². The highest BCUT2D eigenvalue weighted by Gasteiger charge is 2.38. The number of benzene rings is 2. The summed E-state index contributed by atoms with van der Waals surface area (Å²) in [6, 6.07) is 8.79. The number of halogens is 2. The highest BCUT2D eigenvalue weighted by atomic mass is 35.5. The maximum Gasteiger partial charge on any atom is 0.260 e. The standard InChI is InChI=1S/C25H30Cl2N4O3/c1-14(2)9-21-23(33)30-19-10-15(22(32)29-13-25(3,4)12-28)5-8-20(19)31(21)24(34)17-7-6-16(26)11-18(17)27/h5-8,10-11,14,21H,9,12-13,28H2,1-4H3,(H,29,32)(H,30,33). The van der Waals surface area contributed by atoms with Crippen molar-refractivity contribution >= 4 is 52.3 Å². The molecule has 7 nitrogen and oxygen atoms in total. The van der Waals surface area contributed by atoms with Gasteiger partial charge in [0.15, 0.2) is 0 Å². The Bertz CT molecular complexity index is 1120. The second-order valence-corrected chi connectivity index (χ2v) is 10.6. The first-order valence-corrected chi connectivity index (χ1v) is 11.9. The van der Waals surface area contributed by atoms with Crippen molar-refractivity contribution in [2.24, 2.45) is 17.1 Å². The minimum atomic E-state index is -0.725. The highest BCUT2D eigenvalue weighted by molar-refractivity contribution is 6.37. The summed E-state index contributed by atoms with van der Waals surface area (Å²) in [7, 11) is 0. The van der Waals surface area contributed by atoms with E-state index in [9.17, 15) is 14.4 Å². The third-order valence-corrected chi connectivity index (χ3v) is 6.29. The van der Waals surface area contributed by atoms with Gasteiger partial charge < -0.3 is 16.4 Å². The van der Waals surface area contributed by atoms with Crippen LogP contribution in [-0.4, -0.2) is 36.9 Å². The number of carbonyl (C=O) groups is 3. The van der Waals surface area contributed by atoms with E-state index in [1.165, 1.54) is 11.0 Å². The van der Waals surface area contributed by atoms with Crippen LogP contribution in [0.4, 0.5) is 11.4 Å². The number of nitrogens with two attached hydrogens (primary N) is 1. The number of anilines is 2. The second-order valence-electron chi connectivity index (χ2n) is 9.72. The van der Waals surface area contributed by atoms with Crippen LogP contribution < -0.4 is 21.3 Å². The first-order chi connectivity index (χ1) is 15.9. The minimum Gasteiger partial charge on any atom is -0.351 e. The summed E-state index contributed by atoms with van der Waals surface area (Å²) in [5.41, 5.74) is 6.99. The van der Waals surface area contributed by atoms with E-state index < -0.39 is 11.9 Å². The SMILES string of the molecule is CC(C)CC1C(=O)Nc2cc(C(=O)NCC(C)(C)CN)ccc2N1C(=O)c1ccc(Cl)cc1Cl. The number of amides is 3. The number of fused-ring (bicyclic) bond motifs is 1. The topological polar surface area (TPSA) is 105 Å². The van der Waals surface area contributed by atoms with Gasteiger partial charge in [-0.25, -0.2) is 0 Å². The molecule has 0 aliphatic carbocycles. The molecule has 2 aromatic rings. The van der Waals surface area contributed by atoms with E-state index in [0.29, 0.717) is 41.5 Å². The van der Waals surface area contributed by atoms with Crippen molar-refractivity contribution in [1.29, 1.82) is 0 Å². The van der Waals surface area contributed by atoms with Crippen molar-refractivity contribution in [3.8, 4) is 0 Å². The maximum atomic E-state index is 13.6.